The summed E-state index contributed by atoms with van der Waals surface area (Å²) in [6.07, 6.45) is -1.48. The topological polar surface area (TPSA) is 57.8 Å². The molecule has 1 N–H and O–H groups in total. The second-order valence-corrected chi connectivity index (χ2v) is 4.00. The molecule has 0 unspecified atom stereocenters. The second-order valence-electron chi connectivity index (χ2n) is 4.00. The van der Waals surface area contributed by atoms with Crippen LogP contribution in [0.4, 0.5) is 8.78 Å². The van der Waals surface area contributed by atoms with E-state index < -0.39 is 6.43 Å². The molecule has 0 aromatic carbocycles. The van der Waals surface area contributed by atoms with Crippen molar-refractivity contribution in [1.82, 2.24) is 4.98 Å². The van der Waals surface area contributed by atoms with E-state index in [2.05, 4.69) is 21.8 Å². The van der Waals surface area contributed by atoms with Crippen LogP contribution in [-0.4, -0.2) is 16.7 Å². The van der Waals surface area contributed by atoms with E-state index >= 15 is 0 Å². The maximum absolute atomic E-state index is 12.4. The average molecular weight is 267 g/mol. The monoisotopic (exact) mass is 267 g/mol. The Bertz CT molecular complexity index is 507. The molecule has 0 atom stereocenters. The van der Waals surface area contributed by atoms with Gasteiger partial charge in [-0.1, -0.05) is 6.58 Å². The molecule has 0 bridgehead atoms. The van der Waals surface area contributed by atoms with Gasteiger partial charge in [0.25, 0.3) is 6.43 Å². The Morgan fingerprint density at radius 3 is 2.47 bits per heavy atom. The molecule has 4 nitrogen and oxygen atoms in total. The summed E-state index contributed by atoms with van der Waals surface area (Å²) < 4.78 is 24.9. The molecule has 0 spiro atoms. The first-order valence-corrected chi connectivity index (χ1v) is 5.58. The molecule has 19 heavy (non-hydrogen) atoms. The van der Waals surface area contributed by atoms with Crippen molar-refractivity contribution in [2.45, 2.75) is 20.3 Å². The van der Waals surface area contributed by atoms with Gasteiger partial charge in [0.05, 0.1) is 18.0 Å². The van der Waals surface area contributed by atoms with Gasteiger partial charge in [0.2, 0.25) is 0 Å². The highest BCUT2D eigenvalue weighted by Gasteiger charge is 2.10. The third kappa shape index (κ3) is 4.33. The molecule has 0 amide bonds. The number of aliphatic hydroxyl groups is 1. The summed E-state index contributed by atoms with van der Waals surface area (Å²) in [5.41, 5.74) is 1.60. The van der Waals surface area contributed by atoms with Gasteiger partial charge in [-0.2, -0.15) is 5.11 Å². The van der Waals surface area contributed by atoms with Crippen molar-refractivity contribution in [1.29, 1.82) is 0 Å². The van der Waals surface area contributed by atoms with Crippen molar-refractivity contribution in [2.24, 2.45) is 10.2 Å². The third-order valence-electron chi connectivity index (χ3n) is 2.24. The van der Waals surface area contributed by atoms with Crippen molar-refractivity contribution in [2.75, 3.05) is 6.61 Å². The lowest BCUT2D eigenvalue weighted by molar-refractivity contribution is 0.151. The zero-order chi connectivity index (χ0) is 14.4. The molecule has 0 saturated carbocycles. The van der Waals surface area contributed by atoms with Gasteiger partial charge in [0.15, 0.2) is 0 Å². The molecule has 0 aliphatic rings. The summed E-state index contributed by atoms with van der Waals surface area (Å²) in [5, 5.41) is 16.9. The summed E-state index contributed by atoms with van der Waals surface area (Å²) in [6.45, 7) is 6.69. The fourth-order valence-electron chi connectivity index (χ4n) is 1.24. The highest BCUT2D eigenvalue weighted by molar-refractivity contribution is 5.64. The van der Waals surface area contributed by atoms with Crippen LogP contribution in [0.25, 0.3) is 5.70 Å². The van der Waals surface area contributed by atoms with Gasteiger partial charge in [-0.05, 0) is 31.6 Å². The highest BCUT2D eigenvalue weighted by Crippen LogP contribution is 2.23. The molecule has 6 heteroatoms. The van der Waals surface area contributed by atoms with Crippen LogP contribution in [0.2, 0.25) is 0 Å². The average Bonchev–Trinajstić information content (AvgIpc) is 2.38. The first-order valence-electron chi connectivity index (χ1n) is 5.58. The molecule has 0 fully saturated rings. The zero-order valence-electron chi connectivity index (χ0n) is 10.8. The Labute approximate surface area is 110 Å². The zero-order valence-corrected chi connectivity index (χ0v) is 10.8. The molecule has 0 saturated heterocycles. The van der Waals surface area contributed by atoms with Crippen molar-refractivity contribution in [3.63, 3.8) is 0 Å². The van der Waals surface area contributed by atoms with Gasteiger partial charge >= 0.3 is 0 Å². The smallest absolute Gasteiger partial charge is 0.265 e. The predicted octanol–water partition coefficient (Wildman–Crippen LogP) is 3.73. The number of alkyl halides is 2. The van der Waals surface area contributed by atoms with Crippen molar-refractivity contribution < 1.29 is 13.9 Å². The van der Waals surface area contributed by atoms with E-state index in [0.717, 1.165) is 6.20 Å². The lowest BCUT2D eigenvalue weighted by Gasteiger charge is -2.05. The summed E-state index contributed by atoms with van der Waals surface area (Å²) in [5.74, 6) is 0. The minimum Gasteiger partial charge on any atom is -0.392 e. The summed E-state index contributed by atoms with van der Waals surface area (Å²) in [4.78, 5) is 3.91. The quantitative estimate of drug-likeness (QED) is 0.826. The van der Waals surface area contributed by atoms with Crippen molar-refractivity contribution in [3.05, 3.63) is 47.4 Å². The van der Waals surface area contributed by atoms with E-state index in [9.17, 15) is 8.78 Å². The van der Waals surface area contributed by atoms with Crippen molar-refractivity contribution in [3.8, 4) is 0 Å². The van der Waals surface area contributed by atoms with Gasteiger partial charge in [-0.3, -0.25) is 4.98 Å². The fourth-order valence-corrected chi connectivity index (χ4v) is 1.24. The van der Waals surface area contributed by atoms with E-state index in [1.807, 2.05) is 0 Å². The molecular formula is C13H15F2N3O. The second kappa shape index (κ2) is 6.84. The summed E-state index contributed by atoms with van der Waals surface area (Å²) >= 11 is 0. The minimum absolute atomic E-state index is 0.165. The number of nitrogens with zero attached hydrogens (tertiary/aromatic N) is 3. The maximum Gasteiger partial charge on any atom is 0.265 e. The molecule has 0 aliphatic heterocycles. The third-order valence-corrected chi connectivity index (χ3v) is 2.24. The number of aliphatic hydroxyl groups excluding tert-OH is 1. The number of hydrogen-bond acceptors (Lipinski definition) is 4. The van der Waals surface area contributed by atoms with E-state index in [4.69, 9.17) is 5.11 Å². The SMILES string of the molecule is C=C(C)N=N/C(=C(\C)CO)c1ccc(C(F)F)cn1. The van der Waals surface area contributed by atoms with E-state index in [-0.39, 0.29) is 12.2 Å². The number of halogens is 2. The Morgan fingerprint density at radius 1 is 1.37 bits per heavy atom. The lowest BCUT2D eigenvalue weighted by Crippen LogP contribution is -1.95. The van der Waals surface area contributed by atoms with Gasteiger partial charge in [-0.25, -0.2) is 8.78 Å². The van der Waals surface area contributed by atoms with Crippen LogP contribution < -0.4 is 0 Å². The van der Waals surface area contributed by atoms with Crippen LogP contribution in [0.3, 0.4) is 0 Å². The first-order chi connectivity index (χ1) is 8.95. The van der Waals surface area contributed by atoms with E-state index in [0.29, 0.717) is 22.7 Å². The summed E-state index contributed by atoms with van der Waals surface area (Å²) in [6, 6.07) is 2.70. The van der Waals surface area contributed by atoms with E-state index in [1.165, 1.54) is 12.1 Å². The van der Waals surface area contributed by atoms with Crippen LogP contribution in [0, 0.1) is 0 Å². The van der Waals surface area contributed by atoms with E-state index in [1.54, 1.807) is 13.8 Å². The Balaban J connectivity index is 3.16. The normalized spacial score (nSPS) is 12.9. The van der Waals surface area contributed by atoms with Crippen LogP contribution in [0.5, 0.6) is 0 Å². The molecular weight excluding hydrogens is 252 g/mol. The molecule has 102 valence electrons. The van der Waals surface area contributed by atoms with Crippen LogP contribution in [0.15, 0.2) is 46.4 Å². The predicted molar refractivity (Wildman–Crippen MR) is 68.5 cm³/mol. The largest absolute Gasteiger partial charge is 0.392 e. The molecule has 0 radical (unpaired) electrons. The van der Waals surface area contributed by atoms with Gasteiger partial charge in [0, 0.05) is 11.8 Å². The van der Waals surface area contributed by atoms with Crippen LogP contribution >= 0.6 is 0 Å². The standard InChI is InChI=1S/C13H15F2N3O/c1-8(2)17-18-12(9(3)7-19)11-5-4-10(6-16-11)13(14)15/h4-6,13,19H,1,7H2,2-3H3/b12-9+,18-17?. The Kier molecular flexibility index (Phi) is 5.44. The molecule has 1 aromatic heterocycles. The molecule has 1 heterocycles. The number of azo groups is 1. The van der Waals surface area contributed by atoms with Gasteiger partial charge < -0.3 is 5.11 Å². The number of hydrogen-bond donors (Lipinski definition) is 1. The Hall–Kier alpha value is -1.95. The fraction of sp³-hybridized carbons (Fsp3) is 0.308. The van der Waals surface area contributed by atoms with Crippen LogP contribution in [-0.2, 0) is 0 Å². The molecule has 1 rings (SSSR count). The Morgan fingerprint density at radius 2 is 2.05 bits per heavy atom. The van der Waals surface area contributed by atoms with Crippen LogP contribution in [0.1, 0.15) is 31.5 Å². The number of allylic oxidation sites excluding steroid dienone is 1. The summed E-state index contributed by atoms with van der Waals surface area (Å²) in [7, 11) is 0. The highest BCUT2D eigenvalue weighted by atomic mass is 19.3. The molecule has 0 aliphatic carbocycles. The first kappa shape index (κ1) is 15.1. The lowest BCUT2D eigenvalue weighted by atomic mass is 10.1. The number of pyridine rings is 1. The minimum atomic E-state index is -2.56. The van der Waals surface area contributed by atoms with Gasteiger partial charge in [-0.15, -0.1) is 5.11 Å². The molecule has 1 aromatic rings. The number of aromatic nitrogens is 1. The van der Waals surface area contributed by atoms with Gasteiger partial charge in [0.1, 0.15) is 5.70 Å². The van der Waals surface area contributed by atoms with Crippen molar-refractivity contribution >= 4 is 5.70 Å². The maximum atomic E-state index is 12.4. The number of rotatable bonds is 5.